The molecule has 5 rings (SSSR count). The molecule has 0 aromatic heterocycles. The van der Waals surface area contributed by atoms with Crippen molar-refractivity contribution in [3.63, 3.8) is 0 Å². The highest BCUT2D eigenvalue weighted by Crippen LogP contribution is 2.28. The zero-order valence-corrected chi connectivity index (χ0v) is 25.6. The van der Waals surface area contributed by atoms with E-state index in [1.54, 1.807) is 18.2 Å². The van der Waals surface area contributed by atoms with Crippen LogP contribution in [0.15, 0.2) is 71.6 Å². The maximum Gasteiger partial charge on any atom is 0.261 e. The molecule has 222 valence electrons. The van der Waals surface area contributed by atoms with Crippen molar-refractivity contribution in [1.29, 1.82) is 0 Å². The summed E-state index contributed by atoms with van der Waals surface area (Å²) >= 11 is 12.2. The molecule has 0 radical (unpaired) electrons. The van der Waals surface area contributed by atoms with Crippen LogP contribution in [0.25, 0.3) is 0 Å². The summed E-state index contributed by atoms with van der Waals surface area (Å²) in [5, 5.41) is 0.558. The summed E-state index contributed by atoms with van der Waals surface area (Å²) in [4.78, 5) is 33.1. The van der Waals surface area contributed by atoms with Crippen molar-refractivity contribution in [2.24, 2.45) is 0 Å². The van der Waals surface area contributed by atoms with Gasteiger partial charge in [-0.15, -0.1) is 0 Å². The van der Waals surface area contributed by atoms with Crippen LogP contribution in [0.2, 0.25) is 10.0 Å². The molecule has 3 aromatic rings. The van der Waals surface area contributed by atoms with Crippen LogP contribution in [0.5, 0.6) is 0 Å². The number of para-hydroxylation sites is 1. The lowest BCUT2D eigenvalue weighted by molar-refractivity contribution is 0.0632. The number of halogens is 2. The highest BCUT2D eigenvalue weighted by molar-refractivity contribution is 7.92. The van der Waals surface area contributed by atoms with E-state index in [9.17, 15) is 18.0 Å². The third-order valence-corrected chi connectivity index (χ3v) is 9.74. The molecule has 0 saturated carbocycles. The summed E-state index contributed by atoms with van der Waals surface area (Å²) < 4.78 is 29.0. The monoisotopic (exact) mass is 628 g/mol. The van der Waals surface area contributed by atoms with Gasteiger partial charge in [-0.2, -0.15) is 0 Å². The van der Waals surface area contributed by atoms with Gasteiger partial charge in [-0.1, -0.05) is 35.3 Å². The van der Waals surface area contributed by atoms with Crippen LogP contribution in [-0.2, 0) is 10.0 Å². The summed E-state index contributed by atoms with van der Waals surface area (Å²) in [6.07, 6.45) is 3.76. The molecule has 2 heterocycles. The number of carbonyl (C=O) groups excluding carboxylic acids is 2. The average Bonchev–Trinajstić information content (AvgIpc) is 3.51. The van der Waals surface area contributed by atoms with Crippen molar-refractivity contribution in [3.8, 4) is 0 Å². The predicted molar refractivity (Wildman–Crippen MR) is 166 cm³/mol. The largest absolute Gasteiger partial charge is 0.336 e. The fourth-order valence-electron chi connectivity index (χ4n) is 5.45. The van der Waals surface area contributed by atoms with Gasteiger partial charge in [0, 0.05) is 47.9 Å². The number of likely N-dealkylation sites (tertiary alicyclic amines) is 1. The molecule has 3 aromatic carbocycles. The van der Waals surface area contributed by atoms with Crippen molar-refractivity contribution >= 4 is 50.6 Å². The van der Waals surface area contributed by atoms with Gasteiger partial charge in [-0.05, 0) is 100 Å². The smallest absolute Gasteiger partial charge is 0.261 e. The van der Waals surface area contributed by atoms with E-state index in [4.69, 9.17) is 23.2 Å². The molecule has 0 aliphatic carbocycles. The van der Waals surface area contributed by atoms with Crippen molar-refractivity contribution in [3.05, 3.63) is 93.5 Å². The first-order chi connectivity index (χ1) is 20.2. The molecule has 8 nitrogen and oxygen atoms in total. The SMILES string of the molecule is O=C(c1ccc(Cl)cc1Cl)c1ccccc1NS(=O)(=O)c1ccc(C(=O)N2CCN(CCCN3CCCC3)CC2)cc1. The number of amides is 1. The van der Waals surface area contributed by atoms with Crippen LogP contribution < -0.4 is 4.72 Å². The normalized spacial score (nSPS) is 16.5. The summed E-state index contributed by atoms with van der Waals surface area (Å²) in [6, 6.07) is 16.7. The van der Waals surface area contributed by atoms with Gasteiger partial charge < -0.3 is 9.80 Å². The zero-order valence-electron chi connectivity index (χ0n) is 23.3. The highest BCUT2D eigenvalue weighted by atomic mass is 35.5. The Bertz CT molecular complexity index is 1530. The molecule has 2 saturated heterocycles. The molecule has 0 unspecified atom stereocenters. The van der Waals surface area contributed by atoms with E-state index < -0.39 is 15.8 Å². The Kier molecular flexibility index (Phi) is 9.85. The number of hydrogen-bond donors (Lipinski definition) is 1. The fourth-order valence-corrected chi connectivity index (χ4v) is 7.02. The third-order valence-electron chi connectivity index (χ3n) is 7.81. The van der Waals surface area contributed by atoms with Gasteiger partial charge in [-0.3, -0.25) is 19.2 Å². The molecule has 2 aliphatic heterocycles. The second kappa shape index (κ2) is 13.6. The molecule has 1 amide bonds. The minimum atomic E-state index is -4.05. The standard InChI is InChI=1S/C31H34Cl2N4O4S/c32-24-10-13-26(28(33)22-24)30(38)27-6-1-2-7-29(27)34-42(40,41)25-11-8-23(9-12-25)31(39)37-20-18-36(19-21-37)17-5-16-35-14-3-4-15-35/h1-2,6-13,22,34H,3-5,14-21H2. The third kappa shape index (κ3) is 7.33. The number of benzene rings is 3. The van der Waals surface area contributed by atoms with E-state index in [0.717, 1.165) is 32.6 Å². The van der Waals surface area contributed by atoms with Crippen molar-refractivity contribution in [1.82, 2.24) is 14.7 Å². The number of sulfonamides is 1. The maximum atomic E-state index is 13.2. The minimum absolute atomic E-state index is 0.0198. The lowest BCUT2D eigenvalue weighted by atomic mass is 10.0. The van der Waals surface area contributed by atoms with Gasteiger partial charge in [0.15, 0.2) is 5.78 Å². The Hall–Kier alpha value is -2.95. The Balaban J connectivity index is 1.19. The van der Waals surface area contributed by atoms with Crippen molar-refractivity contribution in [2.75, 3.05) is 57.1 Å². The quantitative estimate of drug-likeness (QED) is 0.308. The van der Waals surface area contributed by atoms with Gasteiger partial charge in [0.1, 0.15) is 0 Å². The number of nitrogens with one attached hydrogen (secondary N) is 1. The first-order valence-corrected chi connectivity index (χ1v) is 16.4. The summed E-state index contributed by atoms with van der Waals surface area (Å²) in [6.45, 7) is 7.57. The Morgan fingerprint density at radius 2 is 1.40 bits per heavy atom. The van der Waals surface area contributed by atoms with Crippen LogP contribution in [-0.4, -0.2) is 87.2 Å². The molecule has 1 N–H and O–H groups in total. The molecule has 0 atom stereocenters. The van der Waals surface area contributed by atoms with Crippen molar-refractivity contribution < 1.29 is 18.0 Å². The van der Waals surface area contributed by atoms with Gasteiger partial charge in [0.2, 0.25) is 0 Å². The molecule has 2 fully saturated rings. The van der Waals surface area contributed by atoms with Gasteiger partial charge >= 0.3 is 0 Å². The maximum absolute atomic E-state index is 13.2. The number of rotatable bonds is 10. The topological polar surface area (TPSA) is 90.0 Å². The van der Waals surface area contributed by atoms with Gasteiger partial charge in [-0.25, -0.2) is 8.42 Å². The van der Waals surface area contributed by atoms with E-state index in [2.05, 4.69) is 14.5 Å². The van der Waals surface area contributed by atoms with Crippen LogP contribution in [0.1, 0.15) is 45.5 Å². The van der Waals surface area contributed by atoms with E-state index >= 15 is 0 Å². The number of piperazine rings is 1. The Morgan fingerprint density at radius 3 is 2.07 bits per heavy atom. The van der Waals surface area contributed by atoms with Gasteiger partial charge in [0.05, 0.1) is 15.6 Å². The fraction of sp³-hybridized carbons (Fsp3) is 0.355. The van der Waals surface area contributed by atoms with Crippen LogP contribution in [0, 0.1) is 0 Å². The van der Waals surface area contributed by atoms with E-state index in [1.165, 1.54) is 74.5 Å². The highest BCUT2D eigenvalue weighted by Gasteiger charge is 2.24. The van der Waals surface area contributed by atoms with Crippen LogP contribution in [0.3, 0.4) is 0 Å². The van der Waals surface area contributed by atoms with Gasteiger partial charge in [0.25, 0.3) is 15.9 Å². The van der Waals surface area contributed by atoms with Crippen LogP contribution in [0.4, 0.5) is 5.69 Å². The summed E-state index contributed by atoms with van der Waals surface area (Å²) in [7, 11) is -4.05. The minimum Gasteiger partial charge on any atom is -0.336 e. The Morgan fingerprint density at radius 1 is 0.762 bits per heavy atom. The summed E-state index contributed by atoms with van der Waals surface area (Å²) in [5.41, 5.74) is 0.905. The summed E-state index contributed by atoms with van der Waals surface area (Å²) in [5.74, 6) is -0.554. The number of hydrogen-bond acceptors (Lipinski definition) is 6. The zero-order chi connectivity index (χ0) is 29.7. The van der Waals surface area contributed by atoms with Crippen LogP contribution >= 0.6 is 23.2 Å². The molecule has 2 aliphatic rings. The predicted octanol–water partition coefficient (Wildman–Crippen LogP) is 5.27. The molecular weight excluding hydrogens is 595 g/mol. The Labute approximate surface area is 257 Å². The van der Waals surface area contributed by atoms with E-state index in [1.807, 2.05) is 4.90 Å². The number of nitrogens with zero attached hydrogens (tertiary/aromatic N) is 3. The molecule has 42 heavy (non-hydrogen) atoms. The average molecular weight is 630 g/mol. The second-order valence-electron chi connectivity index (χ2n) is 10.7. The number of anilines is 1. The van der Waals surface area contributed by atoms with E-state index in [-0.39, 0.29) is 32.6 Å². The number of carbonyl (C=O) groups is 2. The molecule has 0 bridgehead atoms. The lowest BCUT2D eigenvalue weighted by Crippen LogP contribution is -2.49. The number of ketones is 1. The van der Waals surface area contributed by atoms with E-state index in [0.29, 0.717) is 23.7 Å². The molecule has 11 heteroatoms. The second-order valence-corrected chi connectivity index (χ2v) is 13.2. The first kappa shape index (κ1) is 30.5. The van der Waals surface area contributed by atoms with Crippen molar-refractivity contribution in [2.45, 2.75) is 24.2 Å². The molecular formula is C31H34Cl2N4O4S. The lowest BCUT2D eigenvalue weighted by Gasteiger charge is -2.35. The first-order valence-electron chi connectivity index (χ1n) is 14.2. The molecule has 0 spiro atoms.